The lowest BCUT2D eigenvalue weighted by molar-refractivity contribution is 0.0939. The molecule has 1 unspecified atom stereocenters. The van der Waals surface area contributed by atoms with Gasteiger partial charge in [0.1, 0.15) is 5.82 Å². The van der Waals surface area contributed by atoms with Gasteiger partial charge in [0, 0.05) is 23.8 Å². The Labute approximate surface area is 110 Å². The Morgan fingerprint density at radius 3 is 2.88 bits per heavy atom. The second-order valence-corrected chi connectivity index (χ2v) is 4.88. The van der Waals surface area contributed by atoms with Crippen molar-refractivity contribution >= 4 is 27.7 Å². The van der Waals surface area contributed by atoms with Gasteiger partial charge in [0.2, 0.25) is 0 Å². The summed E-state index contributed by atoms with van der Waals surface area (Å²) in [7, 11) is 1.75. The Kier molecular flexibility index (Phi) is 5.41. The lowest BCUT2D eigenvalue weighted by atomic mass is 10.1. The number of anilines is 1. The molecule has 0 spiro atoms. The van der Waals surface area contributed by atoms with E-state index in [0.717, 1.165) is 17.3 Å². The number of rotatable bonds is 5. The van der Waals surface area contributed by atoms with Crippen LogP contribution in [0.15, 0.2) is 16.7 Å². The number of nitrogens with zero attached hydrogens (tertiary/aromatic N) is 1. The van der Waals surface area contributed by atoms with E-state index in [1.807, 2.05) is 6.92 Å². The van der Waals surface area contributed by atoms with Crippen LogP contribution < -0.4 is 10.6 Å². The quantitative estimate of drug-likeness (QED) is 0.879. The first kappa shape index (κ1) is 14.0. The Morgan fingerprint density at radius 1 is 1.59 bits per heavy atom. The summed E-state index contributed by atoms with van der Waals surface area (Å²) in [6.07, 6.45) is 3.69. The molecule has 1 heterocycles. The zero-order chi connectivity index (χ0) is 12.8. The highest BCUT2D eigenvalue weighted by molar-refractivity contribution is 9.10. The molecule has 1 atom stereocenters. The van der Waals surface area contributed by atoms with Crippen molar-refractivity contribution in [3.05, 3.63) is 22.3 Å². The van der Waals surface area contributed by atoms with E-state index in [-0.39, 0.29) is 11.9 Å². The maximum atomic E-state index is 12.0. The van der Waals surface area contributed by atoms with E-state index in [1.165, 1.54) is 0 Å². The van der Waals surface area contributed by atoms with Gasteiger partial charge in [-0.1, -0.05) is 13.3 Å². The molecule has 0 aliphatic carbocycles. The minimum absolute atomic E-state index is 0.0934. The number of aromatic nitrogens is 1. The zero-order valence-electron chi connectivity index (χ0n) is 10.4. The molecular weight excluding hydrogens is 282 g/mol. The predicted octanol–water partition coefficient (Wildman–Crippen LogP) is 2.80. The maximum absolute atomic E-state index is 12.0. The van der Waals surface area contributed by atoms with Crippen LogP contribution in [0.25, 0.3) is 0 Å². The molecule has 1 aromatic heterocycles. The van der Waals surface area contributed by atoms with Gasteiger partial charge in [0.25, 0.3) is 5.91 Å². The fraction of sp³-hybridized carbons (Fsp3) is 0.500. The number of halogens is 1. The van der Waals surface area contributed by atoms with Gasteiger partial charge in [-0.05, 0) is 35.3 Å². The Morgan fingerprint density at radius 2 is 2.29 bits per heavy atom. The molecule has 17 heavy (non-hydrogen) atoms. The van der Waals surface area contributed by atoms with Gasteiger partial charge in [0.15, 0.2) is 0 Å². The summed E-state index contributed by atoms with van der Waals surface area (Å²) in [5.41, 5.74) is 0.560. The minimum atomic E-state index is -0.0934. The number of amides is 1. The molecule has 94 valence electrons. The average Bonchev–Trinajstić information content (AvgIpc) is 2.29. The highest BCUT2D eigenvalue weighted by Crippen LogP contribution is 2.17. The normalized spacial score (nSPS) is 12.0. The number of carbonyl (C=O) groups is 1. The lowest BCUT2D eigenvalue weighted by Crippen LogP contribution is -2.32. The van der Waals surface area contributed by atoms with E-state index in [0.29, 0.717) is 11.4 Å². The summed E-state index contributed by atoms with van der Waals surface area (Å²) in [4.78, 5) is 16.2. The smallest absolute Gasteiger partial charge is 0.255 e. The second kappa shape index (κ2) is 6.59. The summed E-state index contributed by atoms with van der Waals surface area (Å²) >= 11 is 3.32. The van der Waals surface area contributed by atoms with E-state index in [2.05, 4.69) is 38.5 Å². The average molecular weight is 300 g/mol. The summed E-state index contributed by atoms with van der Waals surface area (Å²) in [5, 5.41) is 5.88. The summed E-state index contributed by atoms with van der Waals surface area (Å²) in [5.74, 6) is 0.499. The molecule has 0 aliphatic rings. The molecule has 0 saturated carbocycles. The summed E-state index contributed by atoms with van der Waals surface area (Å²) in [6, 6.07) is 1.95. The van der Waals surface area contributed by atoms with Gasteiger partial charge in [-0.25, -0.2) is 4.98 Å². The first-order chi connectivity index (χ1) is 8.08. The third-order valence-corrected chi connectivity index (χ3v) is 2.87. The summed E-state index contributed by atoms with van der Waals surface area (Å²) in [6.45, 7) is 4.11. The van der Waals surface area contributed by atoms with E-state index < -0.39 is 0 Å². The Balaban J connectivity index is 2.83. The van der Waals surface area contributed by atoms with Crippen LogP contribution in [0.2, 0.25) is 0 Å². The standard InChI is InChI=1S/C12H18BrN3O/c1-4-5-8(2)16-12(17)10-6-9(13)7-15-11(10)14-3/h6-8H,4-5H2,1-3H3,(H,14,15)(H,16,17). The van der Waals surface area contributed by atoms with Crippen molar-refractivity contribution < 1.29 is 4.79 Å². The molecule has 0 saturated heterocycles. The number of hydrogen-bond donors (Lipinski definition) is 2. The predicted molar refractivity (Wildman–Crippen MR) is 73.3 cm³/mol. The van der Waals surface area contributed by atoms with Crippen molar-refractivity contribution in [1.29, 1.82) is 0 Å². The van der Waals surface area contributed by atoms with Crippen LogP contribution in [0.5, 0.6) is 0 Å². The minimum Gasteiger partial charge on any atom is -0.372 e. The van der Waals surface area contributed by atoms with E-state index in [4.69, 9.17) is 0 Å². The number of nitrogens with one attached hydrogen (secondary N) is 2. The molecule has 0 bridgehead atoms. The highest BCUT2D eigenvalue weighted by Gasteiger charge is 2.14. The number of hydrogen-bond acceptors (Lipinski definition) is 3. The van der Waals surface area contributed by atoms with Crippen LogP contribution in [0.1, 0.15) is 37.0 Å². The van der Waals surface area contributed by atoms with Crippen LogP contribution in [0, 0.1) is 0 Å². The molecular formula is C12H18BrN3O. The van der Waals surface area contributed by atoms with Crippen molar-refractivity contribution in [3.8, 4) is 0 Å². The molecule has 0 fully saturated rings. The third-order valence-electron chi connectivity index (χ3n) is 2.43. The van der Waals surface area contributed by atoms with Gasteiger partial charge in [-0.2, -0.15) is 0 Å². The first-order valence-electron chi connectivity index (χ1n) is 5.72. The van der Waals surface area contributed by atoms with Gasteiger partial charge >= 0.3 is 0 Å². The molecule has 4 nitrogen and oxygen atoms in total. The lowest BCUT2D eigenvalue weighted by Gasteiger charge is -2.14. The van der Waals surface area contributed by atoms with Crippen molar-refractivity contribution in [2.24, 2.45) is 0 Å². The Bertz CT molecular complexity index is 395. The van der Waals surface area contributed by atoms with Crippen molar-refractivity contribution in [3.63, 3.8) is 0 Å². The van der Waals surface area contributed by atoms with E-state index in [1.54, 1.807) is 19.3 Å². The van der Waals surface area contributed by atoms with Crippen LogP contribution in [-0.4, -0.2) is 24.0 Å². The molecule has 1 amide bonds. The monoisotopic (exact) mass is 299 g/mol. The highest BCUT2D eigenvalue weighted by atomic mass is 79.9. The fourth-order valence-electron chi connectivity index (χ4n) is 1.62. The van der Waals surface area contributed by atoms with Gasteiger partial charge in [-0.15, -0.1) is 0 Å². The second-order valence-electron chi connectivity index (χ2n) is 3.96. The molecule has 2 N–H and O–H groups in total. The fourth-order valence-corrected chi connectivity index (χ4v) is 1.95. The van der Waals surface area contributed by atoms with Crippen molar-refractivity contribution in [1.82, 2.24) is 10.3 Å². The third kappa shape index (κ3) is 4.00. The molecule has 1 aromatic rings. The first-order valence-corrected chi connectivity index (χ1v) is 6.52. The van der Waals surface area contributed by atoms with Crippen LogP contribution in [-0.2, 0) is 0 Å². The van der Waals surface area contributed by atoms with Crippen LogP contribution >= 0.6 is 15.9 Å². The topological polar surface area (TPSA) is 54.0 Å². The van der Waals surface area contributed by atoms with Gasteiger partial charge in [0.05, 0.1) is 5.56 Å². The molecule has 5 heteroatoms. The number of carbonyl (C=O) groups excluding carboxylic acids is 1. The summed E-state index contributed by atoms with van der Waals surface area (Å²) < 4.78 is 0.796. The largest absolute Gasteiger partial charge is 0.372 e. The van der Waals surface area contributed by atoms with Crippen molar-refractivity contribution in [2.45, 2.75) is 32.7 Å². The van der Waals surface area contributed by atoms with Crippen LogP contribution in [0.4, 0.5) is 5.82 Å². The van der Waals surface area contributed by atoms with Gasteiger partial charge in [-0.3, -0.25) is 4.79 Å². The number of pyridine rings is 1. The molecule has 0 radical (unpaired) electrons. The van der Waals surface area contributed by atoms with Crippen molar-refractivity contribution in [2.75, 3.05) is 12.4 Å². The van der Waals surface area contributed by atoms with E-state index in [9.17, 15) is 4.79 Å². The molecule has 0 aromatic carbocycles. The van der Waals surface area contributed by atoms with Crippen LogP contribution in [0.3, 0.4) is 0 Å². The van der Waals surface area contributed by atoms with E-state index >= 15 is 0 Å². The SMILES string of the molecule is CCCC(C)NC(=O)c1cc(Br)cnc1NC. The molecule has 0 aliphatic heterocycles. The molecule has 1 rings (SSSR count). The zero-order valence-corrected chi connectivity index (χ0v) is 12.0. The maximum Gasteiger partial charge on any atom is 0.255 e. The Hall–Kier alpha value is -1.10. The van der Waals surface area contributed by atoms with Gasteiger partial charge < -0.3 is 10.6 Å².